The number of aryl methyl sites for hydroxylation is 2. The highest BCUT2D eigenvalue weighted by Gasteiger charge is 2.18. The molecule has 3 heteroatoms. The number of benzene rings is 5. The number of pyridine rings is 1. The molecule has 3 nitrogen and oxygen atoms in total. The third-order valence-corrected chi connectivity index (χ3v) is 7.87. The quantitative estimate of drug-likeness (QED) is 0.229. The van der Waals surface area contributed by atoms with E-state index in [1.165, 1.54) is 11.1 Å². The lowest BCUT2D eigenvalue weighted by molar-refractivity contribution is 1.12. The average Bonchev–Trinajstić information content (AvgIpc) is 3.34. The molecule has 0 fully saturated rings. The van der Waals surface area contributed by atoms with Crippen LogP contribution in [-0.4, -0.2) is 9.55 Å². The number of nitrogens with zero attached hydrogens (tertiary/aromatic N) is 3. The summed E-state index contributed by atoms with van der Waals surface area (Å²) >= 11 is 0. The molecule has 0 radical (unpaired) electrons. The monoisotopic (exact) mass is 525 g/mol. The van der Waals surface area contributed by atoms with E-state index < -0.39 is 0 Å². The molecular weight excluding hydrogens is 498 g/mol. The molecule has 0 unspecified atom stereocenters. The molecule has 0 saturated carbocycles. The van der Waals surface area contributed by atoms with E-state index in [-0.39, 0.29) is 0 Å². The molecular formula is C38H27N3. The van der Waals surface area contributed by atoms with Crippen molar-refractivity contribution in [1.82, 2.24) is 9.55 Å². The highest BCUT2D eigenvalue weighted by molar-refractivity contribution is 6.12. The zero-order chi connectivity index (χ0) is 27.9. The molecule has 0 amide bonds. The molecule has 0 aliphatic rings. The molecule has 0 atom stereocenters. The molecule has 7 aromatic rings. The van der Waals surface area contributed by atoms with E-state index >= 15 is 0 Å². The molecule has 0 bridgehead atoms. The van der Waals surface area contributed by atoms with Gasteiger partial charge in [0.2, 0.25) is 0 Å². The van der Waals surface area contributed by atoms with Crippen molar-refractivity contribution in [2.45, 2.75) is 13.8 Å². The van der Waals surface area contributed by atoms with Crippen LogP contribution in [0.4, 0.5) is 0 Å². The van der Waals surface area contributed by atoms with Gasteiger partial charge in [-0.25, -0.2) is 0 Å². The van der Waals surface area contributed by atoms with Crippen LogP contribution < -0.4 is 0 Å². The summed E-state index contributed by atoms with van der Waals surface area (Å²) in [7, 11) is 0. The minimum absolute atomic E-state index is 0.629. The Morgan fingerprint density at radius 2 is 1.12 bits per heavy atom. The highest BCUT2D eigenvalue weighted by atomic mass is 15.0. The zero-order valence-electron chi connectivity index (χ0n) is 23.0. The van der Waals surface area contributed by atoms with E-state index in [4.69, 9.17) is 0 Å². The van der Waals surface area contributed by atoms with E-state index in [2.05, 4.69) is 113 Å². The summed E-state index contributed by atoms with van der Waals surface area (Å²) in [5.41, 5.74) is 12.4. The standard InChI is InChI=1S/C38H27N3/c1-25-13-18-33(26(2)40-25)31-14-15-32(24-39)38(23-31)41-36-19-16-29(27-9-5-3-6-10-27)21-34(36)35-22-30(17-20-37(35)41)28-11-7-4-8-12-28/h3-23H,1-2H3. The van der Waals surface area contributed by atoms with Gasteiger partial charge in [0.25, 0.3) is 0 Å². The van der Waals surface area contributed by atoms with Crippen molar-refractivity contribution in [1.29, 1.82) is 5.26 Å². The van der Waals surface area contributed by atoms with Gasteiger partial charge in [0.05, 0.1) is 22.3 Å². The number of fused-ring (bicyclic) bond motifs is 3. The lowest BCUT2D eigenvalue weighted by Crippen LogP contribution is -1.99. The molecule has 0 aliphatic carbocycles. The van der Waals surface area contributed by atoms with Gasteiger partial charge >= 0.3 is 0 Å². The Labute approximate surface area is 239 Å². The van der Waals surface area contributed by atoms with Crippen LogP contribution in [0.5, 0.6) is 0 Å². The first kappa shape index (κ1) is 24.6. The molecule has 41 heavy (non-hydrogen) atoms. The third-order valence-electron chi connectivity index (χ3n) is 7.87. The molecule has 0 saturated heterocycles. The lowest BCUT2D eigenvalue weighted by atomic mass is 10.0. The normalized spacial score (nSPS) is 11.1. The minimum Gasteiger partial charge on any atom is -0.308 e. The van der Waals surface area contributed by atoms with Gasteiger partial charge in [-0.3, -0.25) is 4.98 Å². The van der Waals surface area contributed by atoms with Crippen molar-refractivity contribution in [3.8, 4) is 45.1 Å². The molecule has 0 N–H and O–H groups in total. The van der Waals surface area contributed by atoms with Crippen LogP contribution in [0.2, 0.25) is 0 Å². The Morgan fingerprint density at radius 3 is 1.66 bits per heavy atom. The Kier molecular flexibility index (Phi) is 5.95. The van der Waals surface area contributed by atoms with Gasteiger partial charge in [-0.2, -0.15) is 5.26 Å². The fourth-order valence-electron chi connectivity index (χ4n) is 5.87. The maximum atomic E-state index is 10.2. The van der Waals surface area contributed by atoms with Gasteiger partial charge in [-0.1, -0.05) is 84.9 Å². The molecule has 2 aromatic heterocycles. The van der Waals surface area contributed by atoms with Crippen LogP contribution in [0.1, 0.15) is 17.0 Å². The van der Waals surface area contributed by atoms with E-state index in [1.54, 1.807) is 0 Å². The SMILES string of the molecule is Cc1ccc(-c2ccc(C#N)c(-n3c4ccc(-c5ccccc5)cc4c4cc(-c5ccccc5)ccc43)c2)c(C)n1. The second-order valence-electron chi connectivity index (χ2n) is 10.5. The van der Waals surface area contributed by atoms with Gasteiger partial charge < -0.3 is 4.57 Å². The summed E-state index contributed by atoms with van der Waals surface area (Å²) in [5, 5.41) is 12.5. The maximum Gasteiger partial charge on any atom is 0.101 e. The number of nitriles is 1. The van der Waals surface area contributed by atoms with Crippen molar-refractivity contribution >= 4 is 21.8 Å². The maximum absolute atomic E-state index is 10.2. The minimum atomic E-state index is 0.629. The Hall–Kier alpha value is -5.46. The molecule has 7 rings (SSSR count). The molecule has 0 spiro atoms. The third kappa shape index (κ3) is 4.27. The fourth-order valence-corrected chi connectivity index (χ4v) is 5.87. The lowest BCUT2D eigenvalue weighted by Gasteiger charge is -2.14. The number of hydrogen-bond acceptors (Lipinski definition) is 2. The van der Waals surface area contributed by atoms with E-state index in [0.29, 0.717) is 5.56 Å². The molecule has 194 valence electrons. The molecule has 5 aromatic carbocycles. The van der Waals surface area contributed by atoms with Crippen molar-refractivity contribution in [3.05, 3.63) is 144 Å². The van der Waals surface area contributed by atoms with Gasteiger partial charge in [0.15, 0.2) is 0 Å². The van der Waals surface area contributed by atoms with Crippen LogP contribution in [-0.2, 0) is 0 Å². The van der Waals surface area contributed by atoms with Crippen molar-refractivity contribution < 1.29 is 0 Å². The second-order valence-corrected chi connectivity index (χ2v) is 10.5. The highest BCUT2D eigenvalue weighted by Crippen LogP contribution is 2.38. The summed E-state index contributed by atoms with van der Waals surface area (Å²) in [6.45, 7) is 4.05. The van der Waals surface area contributed by atoms with Crippen molar-refractivity contribution in [2.24, 2.45) is 0 Å². The van der Waals surface area contributed by atoms with E-state index in [1.807, 2.05) is 44.2 Å². The molecule has 0 aliphatic heterocycles. The topological polar surface area (TPSA) is 41.6 Å². The van der Waals surface area contributed by atoms with Gasteiger partial charge in [0, 0.05) is 27.7 Å². The average molecular weight is 526 g/mol. The van der Waals surface area contributed by atoms with Crippen LogP contribution in [0, 0.1) is 25.2 Å². The second kappa shape index (κ2) is 9.93. The van der Waals surface area contributed by atoms with Crippen molar-refractivity contribution in [2.75, 3.05) is 0 Å². The van der Waals surface area contributed by atoms with Crippen LogP contribution in [0.3, 0.4) is 0 Å². The van der Waals surface area contributed by atoms with Gasteiger partial charge in [0.1, 0.15) is 6.07 Å². The number of hydrogen-bond donors (Lipinski definition) is 0. The summed E-state index contributed by atoms with van der Waals surface area (Å²) in [6, 6.07) is 46.9. The van der Waals surface area contributed by atoms with Gasteiger partial charge in [-0.15, -0.1) is 0 Å². The Morgan fingerprint density at radius 1 is 0.561 bits per heavy atom. The first-order chi connectivity index (χ1) is 20.1. The predicted molar refractivity (Wildman–Crippen MR) is 169 cm³/mol. The predicted octanol–water partition coefficient (Wildman–Crippen LogP) is 9.67. The number of rotatable bonds is 4. The summed E-state index contributed by atoms with van der Waals surface area (Å²) in [6.07, 6.45) is 0. The summed E-state index contributed by atoms with van der Waals surface area (Å²) in [5.74, 6) is 0. The first-order valence-corrected chi connectivity index (χ1v) is 13.8. The zero-order valence-corrected chi connectivity index (χ0v) is 23.0. The van der Waals surface area contributed by atoms with E-state index in [9.17, 15) is 5.26 Å². The number of aromatic nitrogens is 2. The fraction of sp³-hybridized carbons (Fsp3) is 0.0526. The van der Waals surface area contributed by atoms with Crippen LogP contribution >= 0.6 is 0 Å². The summed E-state index contributed by atoms with van der Waals surface area (Å²) < 4.78 is 2.24. The van der Waals surface area contributed by atoms with E-state index in [0.717, 1.165) is 61.1 Å². The van der Waals surface area contributed by atoms with Gasteiger partial charge in [-0.05, 0) is 84.1 Å². The van der Waals surface area contributed by atoms with Crippen LogP contribution in [0.25, 0.3) is 60.9 Å². The van der Waals surface area contributed by atoms with Crippen LogP contribution in [0.15, 0.2) is 127 Å². The smallest absolute Gasteiger partial charge is 0.101 e. The Bertz CT molecular complexity index is 2020. The Balaban J connectivity index is 1.53. The largest absolute Gasteiger partial charge is 0.308 e. The van der Waals surface area contributed by atoms with Crippen molar-refractivity contribution in [3.63, 3.8) is 0 Å². The first-order valence-electron chi connectivity index (χ1n) is 13.8. The molecule has 2 heterocycles. The summed E-state index contributed by atoms with van der Waals surface area (Å²) in [4.78, 5) is 4.69.